The third-order valence-electron chi connectivity index (χ3n) is 2.96. The van der Waals surface area contributed by atoms with E-state index in [0.29, 0.717) is 6.61 Å². The molecule has 3 heteroatoms. The van der Waals surface area contributed by atoms with Gasteiger partial charge in [0.15, 0.2) is 0 Å². The van der Waals surface area contributed by atoms with Gasteiger partial charge in [-0.1, -0.05) is 6.07 Å². The highest BCUT2D eigenvalue weighted by molar-refractivity contribution is 5.54. The Labute approximate surface area is 108 Å². The lowest BCUT2D eigenvalue weighted by molar-refractivity contribution is 0.320. The molecule has 0 amide bonds. The number of nitrogens with two attached hydrogens (primary N) is 1. The maximum atomic E-state index is 5.88. The van der Waals surface area contributed by atoms with Gasteiger partial charge in [0, 0.05) is 30.6 Å². The second-order valence-electron chi connectivity index (χ2n) is 4.43. The van der Waals surface area contributed by atoms with Crippen LogP contribution in [-0.2, 0) is 6.42 Å². The van der Waals surface area contributed by atoms with E-state index >= 15 is 0 Å². The van der Waals surface area contributed by atoms with Gasteiger partial charge in [-0.05, 0) is 42.7 Å². The van der Waals surface area contributed by atoms with Crippen LogP contribution in [0.4, 0.5) is 5.69 Å². The number of aromatic nitrogens is 1. The van der Waals surface area contributed by atoms with Gasteiger partial charge in [-0.2, -0.15) is 0 Å². The standard InChI is InChI=1S/C15H18N2O/c1-11-9-12(2)15(10-14(11)16)18-8-5-13-3-6-17-7-4-13/h3-4,6-7,9-10H,5,8,16H2,1-2H3. The number of ether oxygens (including phenoxy) is 1. The van der Waals surface area contributed by atoms with Crippen LogP contribution in [0.15, 0.2) is 36.7 Å². The first kappa shape index (κ1) is 12.4. The van der Waals surface area contributed by atoms with Crippen LogP contribution < -0.4 is 10.5 Å². The molecule has 0 saturated carbocycles. The lowest BCUT2D eigenvalue weighted by Gasteiger charge is -2.11. The molecule has 0 aliphatic heterocycles. The fraction of sp³-hybridized carbons (Fsp3) is 0.267. The Hall–Kier alpha value is -2.03. The van der Waals surface area contributed by atoms with E-state index in [1.807, 2.05) is 32.0 Å². The summed E-state index contributed by atoms with van der Waals surface area (Å²) >= 11 is 0. The first-order chi connectivity index (χ1) is 8.66. The Morgan fingerprint density at radius 3 is 2.56 bits per heavy atom. The van der Waals surface area contributed by atoms with Gasteiger partial charge in [-0.25, -0.2) is 0 Å². The molecule has 2 aromatic rings. The van der Waals surface area contributed by atoms with Crippen LogP contribution in [0, 0.1) is 13.8 Å². The van der Waals surface area contributed by atoms with Crippen molar-refractivity contribution in [1.82, 2.24) is 4.98 Å². The molecular formula is C15H18N2O. The monoisotopic (exact) mass is 242 g/mol. The van der Waals surface area contributed by atoms with Crippen molar-refractivity contribution in [1.29, 1.82) is 0 Å². The Morgan fingerprint density at radius 2 is 1.83 bits per heavy atom. The quantitative estimate of drug-likeness (QED) is 0.839. The number of nitrogens with zero attached hydrogens (tertiary/aromatic N) is 1. The summed E-state index contributed by atoms with van der Waals surface area (Å²) in [6.45, 7) is 4.69. The maximum absolute atomic E-state index is 5.88. The van der Waals surface area contributed by atoms with Crippen molar-refractivity contribution in [3.8, 4) is 5.75 Å². The second-order valence-corrected chi connectivity index (χ2v) is 4.43. The minimum Gasteiger partial charge on any atom is -0.493 e. The number of hydrogen-bond donors (Lipinski definition) is 1. The molecule has 2 rings (SSSR count). The Morgan fingerprint density at radius 1 is 1.11 bits per heavy atom. The number of hydrogen-bond acceptors (Lipinski definition) is 3. The van der Waals surface area contributed by atoms with Gasteiger partial charge in [0.2, 0.25) is 0 Å². The van der Waals surface area contributed by atoms with Crippen LogP contribution >= 0.6 is 0 Å². The highest BCUT2D eigenvalue weighted by Crippen LogP contribution is 2.24. The molecule has 0 unspecified atom stereocenters. The molecular weight excluding hydrogens is 224 g/mol. The van der Waals surface area contributed by atoms with Crippen LogP contribution in [0.5, 0.6) is 5.75 Å². The molecule has 0 bridgehead atoms. The summed E-state index contributed by atoms with van der Waals surface area (Å²) < 4.78 is 5.78. The summed E-state index contributed by atoms with van der Waals surface area (Å²) in [5.74, 6) is 0.868. The summed E-state index contributed by atoms with van der Waals surface area (Å²) in [5.41, 5.74) is 10.1. The van der Waals surface area contributed by atoms with Crippen LogP contribution in [0.2, 0.25) is 0 Å². The van der Waals surface area contributed by atoms with Crippen molar-refractivity contribution < 1.29 is 4.74 Å². The van der Waals surface area contributed by atoms with Gasteiger partial charge in [0.05, 0.1) is 6.61 Å². The summed E-state index contributed by atoms with van der Waals surface area (Å²) in [7, 11) is 0. The van der Waals surface area contributed by atoms with Crippen molar-refractivity contribution in [2.75, 3.05) is 12.3 Å². The predicted octanol–water partition coefficient (Wildman–Crippen LogP) is 2.90. The lowest BCUT2D eigenvalue weighted by atomic mass is 10.1. The molecule has 94 valence electrons. The highest BCUT2D eigenvalue weighted by atomic mass is 16.5. The van der Waals surface area contributed by atoms with Gasteiger partial charge in [-0.3, -0.25) is 4.98 Å². The van der Waals surface area contributed by atoms with E-state index in [9.17, 15) is 0 Å². The van der Waals surface area contributed by atoms with E-state index in [1.54, 1.807) is 12.4 Å². The largest absolute Gasteiger partial charge is 0.493 e. The molecule has 0 aliphatic carbocycles. The van der Waals surface area contributed by atoms with Crippen molar-refractivity contribution in [2.45, 2.75) is 20.3 Å². The van der Waals surface area contributed by atoms with Crippen LogP contribution in [0.25, 0.3) is 0 Å². The van der Waals surface area contributed by atoms with E-state index in [0.717, 1.165) is 29.0 Å². The van der Waals surface area contributed by atoms with Crippen molar-refractivity contribution in [3.05, 3.63) is 53.3 Å². The number of benzene rings is 1. The zero-order chi connectivity index (χ0) is 13.0. The smallest absolute Gasteiger partial charge is 0.124 e. The summed E-state index contributed by atoms with van der Waals surface area (Å²) in [6, 6.07) is 7.95. The SMILES string of the molecule is Cc1cc(C)c(OCCc2ccncc2)cc1N. The number of aryl methyl sites for hydroxylation is 2. The molecule has 3 nitrogen and oxygen atoms in total. The Bertz CT molecular complexity index is 524. The van der Waals surface area contributed by atoms with E-state index in [4.69, 9.17) is 10.5 Å². The average molecular weight is 242 g/mol. The van der Waals surface area contributed by atoms with Crippen molar-refractivity contribution in [2.24, 2.45) is 0 Å². The number of rotatable bonds is 4. The normalized spacial score (nSPS) is 10.3. The fourth-order valence-electron chi connectivity index (χ4n) is 1.83. The molecule has 0 saturated heterocycles. The third-order valence-corrected chi connectivity index (χ3v) is 2.96. The van der Waals surface area contributed by atoms with E-state index in [1.165, 1.54) is 5.56 Å². The van der Waals surface area contributed by atoms with Crippen molar-refractivity contribution >= 4 is 5.69 Å². The first-order valence-corrected chi connectivity index (χ1v) is 6.05. The number of nitrogen functional groups attached to an aromatic ring is 1. The molecule has 0 atom stereocenters. The molecule has 0 fully saturated rings. The lowest BCUT2D eigenvalue weighted by Crippen LogP contribution is -2.03. The van der Waals surface area contributed by atoms with Gasteiger partial charge in [-0.15, -0.1) is 0 Å². The minimum absolute atomic E-state index is 0.646. The average Bonchev–Trinajstić information content (AvgIpc) is 2.37. The van der Waals surface area contributed by atoms with E-state index in [-0.39, 0.29) is 0 Å². The maximum Gasteiger partial charge on any atom is 0.124 e. The molecule has 0 radical (unpaired) electrons. The Kier molecular flexibility index (Phi) is 3.82. The van der Waals surface area contributed by atoms with Gasteiger partial charge in [0.25, 0.3) is 0 Å². The second kappa shape index (κ2) is 5.54. The molecule has 0 aliphatic rings. The molecule has 1 heterocycles. The fourth-order valence-corrected chi connectivity index (χ4v) is 1.83. The van der Waals surface area contributed by atoms with Crippen LogP contribution in [0.1, 0.15) is 16.7 Å². The van der Waals surface area contributed by atoms with Gasteiger partial charge < -0.3 is 10.5 Å². The molecule has 18 heavy (non-hydrogen) atoms. The zero-order valence-electron chi connectivity index (χ0n) is 10.8. The van der Waals surface area contributed by atoms with Gasteiger partial charge in [0.1, 0.15) is 5.75 Å². The van der Waals surface area contributed by atoms with E-state index < -0.39 is 0 Å². The first-order valence-electron chi connectivity index (χ1n) is 6.05. The van der Waals surface area contributed by atoms with Crippen molar-refractivity contribution in [3.63, 3.8) is 0 Å². The molecule has 2 N–H and O–H groups in total. The third kappa shape index (κ3) is 3.00. The molecule has 0 spiro atoms. The molecule has 1 aromatic carbocycles. The number of pyridine rings is 1. The highest BCUT2D eigenvalue weighted by Gasteiger charge is 2.03. The number of anilines is 1. The van der Waals surface area contributed by atoms with Gasteiger partial charge >= 0.3 is 0 Å². The zero-order valence-corrected chi connectivity index (χ0v) is 10.8. The van der Waals surface area contributed by atoms with E-state index in [2.05, 4.69) is 11.1 Å². The summed E-state index contributed by atoms with van der Waals surface area (Å²) in [6.07, 6.45) is 4.46. The predicted molar refractivity (Wildman–Crippen MR) is 73.8 cm³/mol. The summed E-state index contributed by atoms with van der Waals surface area (Å²) in [4.78, 5) is 3.99. The van der Waals surface area contributed by atoms with Crippen LogP contribution in [-0.4, -0.2) is 11.6 Å². The summed E-state index contributed by atoms with van der Waals surface area (Å²) in [5, 5.41) is 0. The topological polar surface area (TPSA) is 48.1 Å². The molecule has 1 aromatic heterocycles. The Balaban J connectivity index is 1.97. The minimum atomic E-state index is 0.646. The van der Waals surface area contributed by atoms with Crippen LogP contribution in [0.3, 0.4) is 0 Å².